The Labute approximate surface area is 297 Å². The second-order valence-electron chi connectivity index (χ2n) is 14.1. The zero-order chi connectivity index (χ0) is 39.4. The van der Waals surface area contributed by atoms with Crippen molar-refractivity contribution in [2.24, 2.45) is 15.3 Å². The molecule has 1 fully saturated rings. The van der Waals surface area contributed by atoms with Crippen molar-refractivity contribution in [1.29, 1.82) is 0 Å². The molecule has 1 saturated carbocycles. The maximum Gasteiger partial charge on any atom is 0.426 e. The van der Waals surface area contributed by atoms with Crippen LogP contribution in [0.3, 0.4) is 0 Å². The summed E-state index contributed by atoms with van der Waals surface area (Å²) in [6, 6.07) is 17.4. The molecule has 2 N–H and O–H groups in total. The van der Waals surface area contributed by atoms with Crippen LogP contribution in [0.2, 0.25) is 0 Å². The van der Waals surface area contributed by atoms with Crippen molar-refractivity contribution in [2.45, 2.75) is 127 Å². The molecule has 3 nitrogen and oxygen atoms in total. The minimum atomic E-state index is -6.25. The van der Waals surface area contributed by atoms with E-state index in [2.05, 4.69) is 94.5 Å². The molecule has 0 bridgehead atoms. The van der Waals surface area contributed by atoms with E-state index in [1.165, 1.54) is 22.4 Å². The van der Waals surface area contributed by atoms with Crippen LogP contribution < -0.4 is 0 Å². The average molecular weight is 834 g/mol. The minimum absolute atomic E-state index is 0.0811. The van der Waals surface area contributed by atoms with Gasteiger partial charge >= 0.3 is 180 Å². The SMILES string of the molecule is CC(C)c1cccc(C(C)C)c1[N]=[Mo]=[CH]C(C)(C)c1ccccc1.OC(C[C@H]1CCC[C@@H]1CC(O)(C(F)(F)F)C(F)(F)F)(C(F)(F)F)C(F)(F)F. The molecule has 0 unspecified atom stereocenters. The zero-order valence-corrected chi connectivity index (χ0v) is 30.8. The van der Waals surface area contributed by atoms with Gasteiger partial charge in [0.15, 0.2) is 0 Å². The van der Waals surface area contributed by atoms with Gasteiger partial charge in [-0.2, -0.15) is 52.7 Å². The van der Waals surface area contributed by atoms with Crippen LogP contribution >= 0.6 is 0 Å². The van der Waals surface area contributed by atoms with Crippen LogP contribution in [0, 0.1) is 11.8 Å². The minimum Gasteiger partial charge on any atom is -0.374 e. The van der Waals surface area contributed by atoms with Gasteiger partial charge in [0.05, 0.1) is 0 Å². The van der Waals surface area contributed by atoms with Gasteiger partial charge in [0.2, 0.25) is 0 Å². The van der Waals surface area contributed by atoms with Crippen LogP contribution in [-0.4, -0.2) is 50.5 Å². The Morgan fingerprint density at radius 3 is 1.35 bits per heavy atom. The van der Waals surface area contributed by atoms with E-state index in [9.17, 15) is 52.7 Å². The van der Waals surface area contributed by atoms with Crippen LogP contribution in [0.25, 0.3) is 0 Å². The van der Waals surface area contributed by atoms with Gasteiger partial charge < -0.3 is 10.2 Å². The molecule has 0 amide bonds. The van der Waals surface area contributed by atoms with E-state index in [-0.39, 0.29) is 11.8 Å². The quantitative estimate of drug-likeness (QED) is 0.195. The number of alkyl halides is 12. The molecule has 0 aromatic heterocycles. The molecule has 290 valence electrons. The van der Waals surface area contributed by atoms with E-state index < -0.39 is 91.3 Å². The van der Waals surface area contributed by atoms with Crippen molar-refractivity contribution in [3.8, 4) is 0 Å². The summed E-state index contributed by atoms with van der Waals surface area (Å²) < 4.78 is 160. The molecule has 2 aromatic rings. The van der Waals surface area contributed by atoms with Crippen molar-refractivity contribution < 1.29 is 80.8 Å². The number of aliphatic hydroxyl groups is 2. The molecule has 16 heteroatoms. The molecule has 3 rings (SSSR count). The molecule has 51 heavy (non-hydrogen) atoms. The summed E-state index contributed by atoms with van der Waals surface area (Å²) in [5, 5.41) is 18.2. The predicted molar refractivity (Wildman–Crippen MR) is 166 cm³/mol. The van der Waals surface area contributed by atoms with Crippen LogP contribution in [0.1, 0.15) is 102 Å². The molecule has 2 atom stereocenters. The third-order valence-electron chi connectivity index (χ3n) is 9.16. The maximum absolute atomic E-state index is 12.7. The molecule has 0 aliphatic heterocycles. The number of hydrogen-bond donors (Lipinski definition) is 2. The predicted octanol–water partition coefficient (Wildman–Crippen LogP) is 11.5. The fourth-order valence-electron chi connectivity index (χ4n) is 5.96. The fourth-order valence-corrected chi connectivity index (χ4v) is 7.85. The molecular formula is C35H43F12MoNO2. The Morgan fingerprint density at radius 2 is 1.02 bits per heavy atom. The summed E-state index contributed by atoms with van der Waals surface area (Å²) in [5.41, 5.74) is -5.10. The van der Waals surface area contributed by atoms with E-state index >= 15 is 0 Å². The average Bonchev–Trinajstić information content (AvgIpc) is 3.41. The summed E-state index contributed by atoms with van der Waals surface area (Å²) >= 11 is -0.553. The monoisotopic (exact) mass is 835 g/mol. The van der Waals surface area contributed by atoms with Gasteiger partial charge in [0.25, 0.3) is 11.2 Å². The Bertz CT molecular complexity index is 1390. The summed E-state index contributed by atoms with van der Waals surface area (Å²) in [5.74, 6) is -2.90. The maximum atomic E-state index is 12.7. The molecule has 0 spiro atoms. The normalized spacial score (nSPS) is 18.1. The second-order valence-corrected chi connectivity index (χ2v) is 15.6. The Kier molecular flexibility index (Phi) is 14.6. The molecule has 2 aromatic carbocycles. The van der Waals surface area contributed by atoms with Crippen molar-refractivity contribution in [3.63, 3.8) is 0 Å². The summed E-state index contributed by atoms with van der Waals surface area (Å²) in [6.07, 6.45) is -30.7. The van der Waals surface area contributed by atoms with Gasteiger partial charge in [-0.15, -0.1) is 0 Å². The fraction of sp³-hybridized carbons (Fsp3) is 0.629. The molecular weight excluding hydrogens is 790 g/mol. The van der Waals surface area contributed by atoms with E-state index in [4.69, 9.17) is 13.7 Å². The molecule has 1 aliphatic carbocycles. The van der Waals surface area contributed by atoms with Gasteiger partial charge in [0, 0.05) is 0 Å². The van der Waals surface area contributed by atoms with Crippen LogP contribution in [-0.2, 0) is 23.3 Å². The third-order valence-corrected chi connectivity index (χ3v) is 11.6. The smallest absolute Gasteiger partial charge is 0.374 e. The van der Waals surface area contributed by atoms with Gasteiger partial charge in [-0.3, -0.25) is 0 Å². The van der Waals surface area contributed by atoms with Crippen LogP contribution in [0.15, 0.2) is 52.0 Å². The van der Waals surface area contributed by atoms with Gasteiger partial charge in [-0.1, -0.05) is 19.3 Å². The largest absolute Gasteiger partial charge is 0.426 e. The van der Waals surface area contributed by atoms with Crippen molar-refractivity contribution in [3.05, 3.63) is 65.2 Å². The van der Waals surface area contributed by atoms with Crippen LogP contribution in [0.5, 0.6) is 0 Å². The number of nitrogens with zero attached hydrogens (tertiary/aromatic N) is 1. The number of rotatable bonds is 9. The number of hydrogen-bond acceptors (Lipinski definition) is 3. The summed E-state index contributed by atoms with van der Waals surface area (Å²) in [7, 11) is 0. The van der Waals surface area contributed by atoms with Gasteiger partial charge in [0.1, 0.15) is 0 Å². The Hall–Kier alpha value is -2.12. The molecule has 1 aliphatic rings. The second kappa shape index (κ2) is 16.5. The topological polar surface area (TPSA) is 52.8 Å². The first kappa shape index (κ1) is 45.0. The summed E-state index contributed by atoms with van der Waals surface area (Å²) in [4.78, 5) is 0. The van der Waals surface area contributed by atoms with Gasteiger partial charge in [-0.05, 0) is 24.7 Å². The van der Waals surface area contributed by atoms with E-state index in [1.54, 1.807) is 0 Å². The Balaban J connectivity index is 0.000000355. The first-order valence-electron chi connectivity index (χ1n) is 16.1. The van der Waals surface area contributed by atoms with Crippen molar-refractivity contribution in [2.75, 3.05) is 0 Å². The number of halogens is 12. The molecule has 0 heterocycles. The summed E-state index contributed by atoms with van der Waals surface area (Å²) in [6.45, 7) is 13.6. The van der Waals surface area contributed by atoms with E-state index in [0.29, 0.717) is 11.8 Å². The zero-order valence-electron chi connectivity index (χ0n) is 28.8. The molecule has 0 saturated heterocycles. The van der Waals surface area contributed by atoms with Crippen molar-refractivity contribution >= 4 is 10.1 Å². The van der Waals surface area contributed by atoms with Gasteiger partial charge in [-0.25, -0.2) is 0 Å². The molecule has 0 radical (unpaired) electrons. The third kappa shape index (κ3) is 10.7. The first-order chi connectivity index (χ1) is 23.0. The van der Waals surface area contributed by atoms with Crippen molar-refractivity contribution in [1.82, 2.24) is 0 Å². The standard InChI is InChI=1S/C13H14F12O2.C12H17N.C10H12.Mo/c14-10(15,16)8(26,11(17,18)19)4-6-2-1-3-7(6)5-9(27,12(20,21)22)13(23,24)25;1-8(2)10-6-5-7-11(9(3)4)12(10)13;1-10(2,3)9-7-5-4-6-8-9;/h6-7,26-27H,1-5H2;5-9H,1-4H3;1,4-8H,2-3H3;/t6-,7-;;;/m1.../s1. The Morgan fingerprint density at radius 1 is 0.647 bits per heavy atom. The first-order valence-corrected chi connectivity index (χ1v) is 18.2. The van der Waals surface area contributed by atoms with E-state index in [0.717, 1.165) is 0 Å². The number of benzene rings is 2. The van der Waals surface area contributed by atoms with E-state index in [1.807, 2.05) is 0 Å². The van der Waals surface area contributed by atoms with Crippen LogP contribution in [0.4, 0.5) is 58.4 Å².